The average Bonchev–Trinajstić information content (AvgIpc) is 3.33. The molecule has 3 aromatic rings. The van der Waals surface area contributed by atoms with Crippen molar-refractivity contribution < 1.29 is 4.79 Å². The Hall–Kier alpha value is -3.17. The van der Waals surface area contributed by atoms with Gasteiger partial charge in [-0.25, -0.2) is 0 Å². The van der Waals surface area contributed by atoms with Crippen LogP contribution in [0.2, 0.25) is 0 Å². The number of amides is 1. The highest BCUT2D eigenvalue weighted by molar-refractivity contribution is 5.84. The number of hydrogen-bond donors (Lipinski definition) is 0. The predicted octanol–water partition coefficient (Wildman–Crippen LogP) is 6.63. The molecule has 37 heavy (non-hydrogen) atoms. The molecule has 0 N–H and O–H groups in total. The molecule has 3 nitrogen and oxygen atoms in total. The highest BCUT2D eigenvalue weighted by Crippen LogP contribution is 2.55. The van der Waals surface area contributed by atoms with Crippen LogP contribution in [0.5, 0.6) is 0 Å². The van der Waals surface area contributed by atoms with E-state index >= 15 is 0 Å². The smallest absolute Gasteiger partial charge is 0.223 e. The number of hydrogen-bond acceptors (Lipinski definition) is 2. The predicted molar refractivity (Wildman–Crippen MR) is 151 cm³/mol. The number of rotatable bonds is 5. The zero-order valence-electron chi connectivity index (χ0n) is 22.2. The van der Waals surface area contributed by atoms with E-state index in [1.807, 2.05) is 6.07 Å². The van der Waals surface area contributed by atoms with Crippen molar-refractivity contribution in [3.63, 3.8) is 0 Å². The monoisotopic (exact) mass is 490 g/mol. The quantitative estimate of drug-likeness (QED) is 0.401. The topological polar surface area (TPSA) is 23.6 Å². The molecule has 6 rings (SSSR count). The normalized spacial score (nSPS) is 24.9. The molecule has 3 aromatic carbocycles. The van der Waals surface area contributed by atoms with Crippen LogP contribution >= 0.6 is 0 Å². The number of benzene rings is 3. The summed E-state index contributed by atoms with van der Waals surface area (Å²) in [5.41, 5.74) is 8.42. The molecule has 1 aliphatic heterocycles. The Balaban J connectivity index is 1.35. The van der Waals surface area contributed by atoms with Crippen molar-refractivity contribution in [2.24, 2.45) is 0 Å². The summed E-state index contributed by atoms with van der Waals surface area (Å²) in [5, 5.41) is 0. The van der Waals surface area contributed by atoms with Crippen molar-refractivity contribution in [3.05, 3.63) is 113 Å². The third-order valence-corrected chi connectivity index (χ3v) is 9.58. The van der Waals surface area contributed by atoms with Gasteiger partial charge in [-0.1, -0.05) is 84.9 Å². The van der Waals surface area contributed by atoms with Crippen LogP contribution in [0.1, 0.15) is 60.8 Å². The minimum atomic E-state index is -0.172. The van der Waals surface area contributed by atoms with E-state index in [1.165, 1.54) is 33.4 Å². The molecule has 0 aromatic heterocycles. The van der Waals surface area contributed by atoms with Crippen molar-refractivity contribution in [1.29, 1.82) is 0 Å². The van der Waals surface area contributed by atoms with Gasteiger partial charge in [0.15, 0.2) is 0 Å². The standard InChI is InChI=1S/C34H38N2O/c1-35(2)33(28-14-7-4-8-15-28)20-22-34(23-21-33)31-25-27-13-9-10-16-29(27)30(31)19-24-36(34)32(37)18-17-26-11-5-3-6-12-26/h3-16H,17-25H2,1-2H3. The Labute approximate surface area is 221 Å². The maximum Gasteiger partial charge on any atom is 0.223 e. The zero-order chi connectivity index (χ0) is 25.5. The summed E-state index contributed by atoms with van der Waals surface area (Å²) in [6, 6.07) is 30.4. The first-order valence-electron chi connectivity index (χ1n) is 13.9. The van der Waals surface area contributed by atoms with Crippen LogP contribution in [0.3, 0.4) is 0 Å². The Kier molecular flexibility index (Phi) is 6.28. The molecule has 1 saturated carbocycles. The van der Waals surface area contributed by atoms with Gasteiger partial charge in [0.05, 0.1) is 5.54 Å². The van der Waals surface area contributed by atoms with Gasteiger partial charge < -0.3 is 4.90 Å². The highest BCUT2D eigenvalue weighted by Gasteiger charge is 2.53. The van der Waals surface area contributed by atoms with Crippen LogP contribution in [0.4, 0.5) is 0 Å². The van der Waals surface area contributed by atoms with Gasteiger partial charge in [-0.15, -0.1) is 0 Å². The second kappa shape index (κ2) is 9.61. The summed E-state index contributed by atoms with van der Waals surface area (Å²) in [7, 11) is 4.45. The number of aryl methyl sites for hydroxylation is 1. The summed E-state index contributed by atoms with van der Waals surface area (Å²) in [6.45, 7) is 0.834. The third-order valence-electron chi connectivity index (χ3n) is 9.58. The molecular weight excluding hydrogens is 452 g/mol. The second-order valence-corrected chi connectivity index (χ2v) is 11.4. The molecule has 1 heterocycles. The lowest BCUT2D eigenvalue weighted by Crippen LogP contribution is -2.60. The Morgan fingerprint density at radius 3 is 2.19 bits per heavy atom. The first-order valence-corrected chi connectivity index (χ1v) is 13.9. The van der Waals surface area contributed by atoms with E-state index < -0.39 is 0 Å². The van der Waals surface area contributed by atoms with E-state index in [0.29, 0.717) is 12.3 Å². The number of carbonyl (C=O) groups excluding carboxylic acids is 1. The molecular formula is C34H38N2O. The fourth-order valence-corrected chi connectivity index (χ4v) is 7.55. The van der Waals surface area contributed by atoms with Gasteiger partial charge in [-0.05, 0) is 92.4 Å². The van der Waals surface area contributed by atoms with Crippen LogP contribution in [0.15, 0.2) is 90.5 Å². The van der Waals surface area contributed by atoms with Gasteiger partial charge in [-0.3, -0.25) is 9.69 Å². The summed E-state index contributed by atoms with van der Waals surface area (Å²) < 4.78 is 0. The zero-order valence-corrected chi connectivity index (χ0v) is 22.2. The first kappa shape index (κ1) is 24.2. The van der Waals surface area contributed by atoms with E-state index in [1.54, 1.807) is 0 Å². The molecule has 0 unspecified atom stereocenters. The summed E-state index contributed by atoms with van der Waals surface area (Å²) in [5.74, 6) is 0.323. The molecule has 3 aliphatic rings. The van der Waals surface area contributed by atoms with Gasteiger partial charge in [0.25, 0.3) is 0 Å². The molecule has 0 atom stereocenters. The van der Waals surface area contributed by atoms with Crippen molar-refractivity contribution in [3.8, 4) is 0 Å². The average molecular weight is 491 g/mol. The maximum atomic E-state index is 14.0. The maximum absolute atomic E-state index is 14.0. The van der Waals surface area contributed by atoms with Gasteiger partial charge >= 0.3 is 0 Å². The van der Waals surface area contributed by atoms with Crippen LogP contribution in [0, 0.1) is 0 Å². The van der Waals surface area contributed by atoms with Gasteiger partial charge in [0, 0.05) is 18.5 Å². The van der Waals surface area contributed by atoms with Crippen molar-refractivity contribution >= 4 is 11.5 Å². The lowest BCUT2D eigenvalue weighted by Gasteiger charge is -2.56. The van der Waals surface area contributed by atoms with Crippen LogP contribution in [-0.2, 0) is 23.2 Å². The second-order valence-electron chi connectivity index (χ2n) is 11.4. The molecule has 2 aliphatic carbocycles. The van der Waals surface area contributed by atoms with Crippen LogP contribution < -0.4 is 0 Å². The fourth-order valence-electron chi connectivity index (χ4n) is 7.55. The van der Waals surface area contributed by atoms with Crippen molar-refractivity contribution in [2.45, 2.75) is 62.4 Å². The molecule has 1 amide bonds. The van der Waals surface area contributed by atoms with Crippen LogP contribution in [0.25, 0.3) is 5.57 Å². The van der Waals surface area contributed by atoms with Gasteiger partial charge in [-0.2, -0.15) is 0 Å². The van der Waals surface area contributed by atoms with E-state index in [9.17, 15) is 4.79 Å². The van der Waals surface area contributed by atoms with Crippen LogP contribution in [-0.4, -0.2) is 41.9 Å². The van der Waals surface area contributed by atoms with Gasteiger partial charge in [0.1, 0.15) is 0 Å². The lowest BCUT2D eigenvalue weighted by molar-refractivity contribution is -0.139. The molecule has 0 radical (unpaired) electrons. The summed E-state index contributed by atoms with van der Waals surface area (Å²) >= 11 is 0. The molecule has 1 spiro atoms. The van der Waals surface area contributed by atoms with E-state index in [4.69, 9.17) is 0 Å². The lowest BCUT2D eigenvalue weighted by atomic mass is 9.63. The van der Waals surface area contributed by atoms with E-state index in [0.717, 1.165) is 51.5 Å². The first-order chi connectivity index (χ1) is 18.0. The molecule has 1 fully saturated rings. The summed E-state index contributed by atoms with van der Waals surface area (Å²) in [6.07, 6.45) is 7.51. The van der Waals surface area contributed by atoms with E-state index in [2.05, 4.69) is 103 Å². The molecule has 190 valence electrons. The highest BCUT2D eigenvalue weighted by atomic mass is 16.2. The number of carbonyl (C=O) groups is 1. The Morgan fingerprint density at radius 1 is 0.838 bits per heavy atom. The molecule has 0 saturated heterocycles. The minimum absolute atomic E-state index is 0.00882. The number of fused-ring (bicyclic) bond motifs is 3. The van der Waals surface area contributed by atoms with E-state index in [-0.39, 0.29) is 11.1 Å². The Bertz CT molecular complexity index is 1300. The molecule has 3 heteroatoms. The third kappa shape index (κ3) is 4.05. The number of nitrogens with zero attached hydrogens (tertiary/aromatic N) is 2. The SMILES string of the molecule is CN(C)C1(c2ccccc2)CCC2(CC1)C1=C(CCN2C(=O)CCc2ccccc2)c2ccccc2C1. The van der Waals surface area contributed by atoms with Gasteiger partial charge in [0.2, 0.25) is 5.91 Å². The summed E-state index contributed by atoms with van der Waals surface area (Å²) in [4.78, 5) is 18.7. The molecule has 0 bridgehead atoms. The van der Waals surface area contributed by atoms with Crippen molar-refractivity contribution in [1.82, 2.24) is 9.80 Å². The fraction of sp³-hybridized carbons (Fsp3) is 0.382. The largest absolute Gasteiger partial charge is 0.333 e. The Morgan fingerprint density at radius 2 is 1.49 bits per heavy atom. The minimum Gasteiger partial charge on any atom is -0.333 e. The van der Waals surface area contributed by atoms with Crippen molar-refractivity contribution in [2.75, 3.05) is 20.6 Å².